The number of ether oxygens (including phenoxy) is 1. The van der Waals surface area contributed by atoms with Crippen molar-refractivity contribution in [1.82, 2.24) is 19.9 Å². The maximum atomic E-state index is 15.2. The van der Waals surface area contributed by atoms with Gasteiger partial charge in [-0.3, -0.25) is 4.79 Å². The molecule has 3 heterocycles. The van der Waals surface area contributed by atoms with Crippen LogP contribution in [0.1, 0.15) is 35.7 Å². The Hall–Kier alpha value is -3.69. The van der Waals surface area contributed by atoms with E-state index in [2.05, 4.69) is 25.9 Å². The van der Waals surface area contributed by atoms with Crippen molar-refractivity contribution in [2.75, 3.05) is 33.0 Å². The first-order valence-corrected chi connectivity index (χ1v) is 12.2. The van der Waals surface area contributed by atoms with E-state index >= 15 is 4.39 Å². The number of hydrogen-bond donors (Lipinski definition) is 2. The van der Waals surface area contributed by atoms with Crippen LogP contribution in [0.5, 0.6) is 0 Å². The minimum atomic E-state index is -0.736. The highest BCUT2D eigenvalue weighted by atomic mass is 19.1. The molecule has 9 heteroatoms. The third-order valence-corrected chi connectivity index (χ3v) is 6.80. The number of fused-ring (bicyclic) bond motifs is 1. The van der Waals surface area contributed by atoms with Gasteiger partial charge >= 0.3 is 0 Å². The third-order valence-electron chi connectivity index (χ3n) is 6.80. The molecule has 192 valence electrons. The standard InChI is InChI=1S/C28H29F2N5O2/c1-15-32-24-12-18(11-23(29)25(24)28(36)33-15)22-13-21(26(30)34-27(22)31)17-4-5-20(16-6-8-37-9-7-16)19(10-17)14-35(2)3/h4-5,10-13,16H,6-9,14H2,1-3H3,(H2,31,34)(H,32,33,36). The predicted molar refractivity (Wildman–Crippen MR) is 140 cm³/mol. The Labute approximate surface area is 213 Å². The molecule has 3 N–H and O–H groups in total. The topological polar surface area (TPSA) is 97.1 Å². The fourth-order valence-corrected chi connectivity index (χ4v) is 5.09. The number of halogens is 2. The fraction of sp³-hybridized carbons (Fsp3) is 0.321. The predicted octanol–water partition coefficient (Wildman–Crippen LogP) is 4.78. The molecule has 2 aromatic heterocycles. The molecule has 0 spiro atoms. The van der Waals surface area contributed by atoms with E-state index in [0.29, 0.717) is 35.0 Å². The smallest absolute Gasteiger partial charge is 0.261 e. The number of nitrogens with two attached hydrogens (primary N) is 1. The summed E-state index contributed by atoms with van der Waals surface area (Å²) in [4.78, 5) is 25.0. The Morgan fingerprint density at radius 2 is 1.81 bits per heavy atom. The summed E-state index contributed by atoms with van der Waals surface area (Å²) in [6.45, 7) is 3.78. The van der Waals surface area contributed by atoms with Crippen LogP contribution in [0.3, 0.4) is 0 Å². The summed E-state index contributed by atoms with van der Waals surface area (Å²) in [6.07, 6.45) is 1.90. The Bertz CT molecular complexity index is 1540. The van der Waals surface area contributed by atoms with Crippen molar-refractivity contribution < 1.29 is 13.5 Å². The number of aryl methyl sites for hydroxylation is 1. The van der Waals surface area contributed by atoms with E-state index in [9.17, 15) is 9.18 Å². The van der Waals surface area contributed by atoms with Crippen molar-refractivity contribution >= 4 is 16.7 Å². The molecule has 1 aliphatic heterocycles. The molecule has 0 amide bonds. The number of aromatic nitrogens is 3. The third kappa shape index (κ3) is 4.97. The van der Waals surface area contributed by atoms with Gasteiger partial charge in [0.2, 0.25) is 5.95 Å². The molecule has 0 saturated carbocycles. The molecular formula is C28H29F2N5O2. The van der Waals surface area contributed by atoms with Gasteiger partial charge in [0.1, 0.15) is 22.8 Å². The molecule has 2 aromatic carbocycles. The molecule has 0 atom stereocenters. The van der Waals surface area contributed by atoms with Gasteiger partial charge in [0.25, 0.3) is 5.56 Å². The minimum Gasteiger partial charge on any atom is -0.383 e. The zero-order chi connectivity index (χ0) is 26.3. The summed E-state index contributed by atoms with van der Waals surface area (Å²) < 4.78 is 35.7. The molecule has 37 heavy (non-hydrogen) atoms. The number of benzene rings is 2. The van der Waals surface area contributed by atoms with Gasteiger partial charge in [-0.25, -0.2) is 14.4 Å². The number of rotatable bonds is 5. The van der Waals surface area contributed by atoms with E-state index in [-0.39, 0.29) is 22.3 Å². The highest BCUT2D eigenvalue weighted by Crippen LogP contribution is 2.36. The van der Waals surface area contributed by atoms with Gasteiger partial charge in [-0.15, -0.1) is 0 Å². The monoisotopic (exact) mass is 505 g/mol. The van der Waals surface area contributed by atoms with Crippen LogP contribution >= 0.6 is 0 Å². The van der Waals surface area contributed by atoms with Gasteiger partial charge in [-0.2, -0.15) is 4.39 Å². The van der Waals surface area contributed by atoms with Crippen molar-refractivity contribution in [3.05, 3.63) is 75.5 Å². The molecular weight excluding hydrogens is 476 g/mol. The zero-order valence-corrected chi connectivity index (χ0v) is 21.1. The van der Waals surface area contributed by atoms with Crippen LogP contribution in [0.4, 0.5) is 14.6 Å². The molecule has 1 aliphatic rings. The molecule has 1 saturated heterocycles. The van der Waals surface area contributed by atoms with Crippen molar-refractivity contribution in [3.8, 4) is 22.3 Å². The molecule has 1 fully saturated rings. The molecule has 0 aliphatic carbocycles. The number of anilines is 1. The zero-order valence-electron chi connectivity index (χ0n) is 21.1. The number of aromatic amines is 1. The molecule has 0 bridgehead atoms. The Balaban J connectivity index is 1.63. The molecule has 0 unspecified atom stereocenters. The molecule has 5 rings (SSSR count). The van der Waals surface area contributed by atoms with Crippen LogP contribution in [0.25, 0.3) is 33.2 Å². The summed E-state index contributed by atoms with van der Waals surface area (Å²) in [5.74, 6) is -0.766. The van der Waals surface area contributed by atoms with Crippen molar-refractivity contribution in [2.24, 2.45) is 0 Å². The van der Waals surface area contributed by atoms with E-state index in [1.165, 1.54) is 11.6 Å². The highest BCUT2D eigenvalue weighted by Gasteiger charge is 2.21. The summed E-state index contributed by atoms with van der Waals surface area (Å²) in [5.41, 5.74) is 9.72. The van der Waals surface area contributed by atoms with Crippen molar-refractivity contribution in [3.63, 3.8) is 0 Å². The van der Waals surface area contributed by atoms with Gasteiger partial charge in [0, 0.05) is 30.9 Å². The van der Waals surface area contributed by atoms with Crippen LogP contribution in [0.15, 0.2) is 41.2 Å². The van der Waals surface area contributed by atoms with E-state index in [4.69, 9.17) is 10.5 Å². The summed E-state index contributed by atoms with van der Waals surface area (Å²) >= 11 is 0. The van der Waals surface area contributed by atoms with Gasteiger partial charge in [0.05, 0.1) is 5.52 Å². The Kier molecular flexibility index (Phi) is 6.74. The Morgan fingerprint density at radius 1 is 1.05 bits per heavy atom. The number of nitrogens with zero attached hydrogens (tertiary/aromatic N) is 3. The van der Waals surface area contributed by atoms with Crippen molar-refractivity contribution in [1.29, 1.82) is 0 Å². The lowest BCUT2D eigenvalue weighted by atomic mass is 9.86. The normalized spacial score (nSPS) is 14.5. The lowest BCUT2D eigenvalue weighted by Crippen LogP contribution is -2.18. The lowest BCUT2D eigenvalue weighted by molar-refractivity contribution is 0.0850. The van der Waals surface area contributed by atoms with Gasteiger partial charge in [0.15, 0.2) is 0 Å². The lowest BCUT2D eigenvalue weighted by Gasteiger charge is -2.26. The molecule has 4 aromatic rings. The van der Waals surface area contributed by atoms with E-state index in [1.807, 2.05) is 26.2 Å². The number of nitrogens with one attached hydrogen (secondary N) is 1. The van der Waals surface area contributed by atoms with E-state index in [0.717, 1.165) is 31.6 Å². The second-order valence-corrected chi connectivity index (χ2v) is 9.80. The number of nitrogen functional groups attached to an aromatic ring is 1. The van der Waals surface area contributed by atoms with Gasteiger partial charge < -0.3 is 20.4 Å². The number of H-pyrrole nitrogens is 1. The molecule has 7 nitrogen and oxygen atoms in total. The Morgan fingerprint density at radius 3 is 2.54 bits per heavy atom. The maximum absolute atomic E-state index is 15.2. The largest absolute Gasteiger partial charge is 0.383 e. The van der Waals surface area contributed by atoms with Crippen LogP contribution in [0.2, 0.25) is 0 Å². The first kappa shape index (κ1) is 25.0. The quantitative estimate of drug-likeness (QED) is 0.379. The van der Waals surface area contributed by atoms with Gasteiger partial charge in [-0.05, 0) is 86.3 Å². The summed E-state index contributed by atoms with van der Waals surface area (Å²) in [7, 11) is 4.00. The average molecular weight is 506 g/mol. The van der Waals surface area contributed by atoms with Gasteiger partial charge in [-0.1, -0.05) is 12.1 Å². The van der Waals surface area contributed by atoms with E-state index < -0.39 is 17.3 Å². The van der Waals surface area contributed by atoms with Crippen LogP contribution in [0, 0.1) is 18.7 Å². The summed E-state index contributed by atoms with van der Waals surface area (Å²) in [5, 5.41) is -0.139. The minimum absolute atomic E-state index is 0.0751. The second-order valence-electron chi connectivity index (χ2n) is 9.80. The SMILES string of the molecule is Cc1nc2cc(-c3cc(-c4ccc(C5CCOCC5)c(CN(C)C)c4)c(F)nc3N)cc(F)c2c(=O)[nH]1. The maximum Gasteiger partial charge on any atom is 0.261 e. The first-order chi connectivity index (χ1) is 17.7. The average Bonchev–Trinajstić information content (AvgIpc) is 2.83. The van der Waals surface area contributed by atoms with E-state index in [1.54, 1.807) is 19.1 Å². The van der Waals surface area contributed by atoms with Crippen molar-refractivity contribution in [2.45, 2.75) is 32.2 Å². The number of hydrogen-bond acceptors (Lipinski definition) is 6. The number of pyridine rings is 1. The molecule has 0 radical (unpaired) electrons. The van der Waals surface area contributed by atoms with Crippen LogP contribution in [-0.4, -0.2) is 47.2 Å². The highest BCUT2D eigenvalue weighted by molar-refractivity contribution is 5.88. The van der Waals surface area contributed by atoms with Crippen LogP contribution in [-0.2, 0) is 11.3 Å². The van der Waals surface area contributed by atoms with Crippen LogP contribution < -0.4 is 11.3 Å². The summed E-state index contributed by atoms with van der Waals surface area (Å²) in [6, 6.07) is 10.3. The first-order valence-electron chi connectivity index (χ1n) is 12.2. The fourth-order valence-electron chi connectivity index (χ4n) is 5.09. The second kappa shape index (κ2) is 9.99.